The molecule has 8 nitrogen and oxygen atoms in total. The molecule has 0 aromatic carbocycles. The number of carbonyl (C=O) groups is 1. The van der Waals surface area contributed by atoms with Crippen molar-refractivity contribution in [2.75, 3.05) is 33.4 Å². The van der Waals surface area contributed by atoms with Gasteiger partial charge in [-0.05, 0) is 20.9 Å². The number of aldehydes is 1. The lowest BCUT2D eigenvalue weighted by Gasteiger charge is -2.21. The molecule has 124 valence electrons. The van der Waals surface area contributed by atoms with Crippen LogP contribution in [0.2, 0.25) is 0 Å². The summed E-state index contributed by atoms with van der Waals surface area (Å²) in [7, 11) is 2.11. The van der Waals surface area contributed by atoms with E-state index in [0.29, 0.717) is 29.2 Å². The molecule has 8 heteroatoms. The highest BCUT2D eigenvalue weighted by Crippen LogP contribution is 2.07. The molecule has 2 aromatic rings. The van der Waals surface area contributed by atoms with Gasteiger partial charge in [0.15, 0.2) is 6.29 Å². The Labute approximate surface area is 134 Å². The van der Waals surface area contributed by atoms with Gasteiger partial charge in [-0.1, -0.05) is 0 Å². The Morgan fingerprint density at radius 3 is 2.48 bits per heavy atom. The van der Waals surface area contributed by atoms with Crippen molar-refractivity contribution >= 4 is 6.29 Å². The number of aromatic nitrogens is 4. The Hall–Kier alpha value is -2.32. The summed E-state index contributed by atoms with van der Waals surface area (Å²) in [6, 6.07) is 1.39. The number of hydrogen-bond donors (Lipinski definition) is 1. The maximum absolute atomic E-state index is 11.3. The van der Waals surface area contributed by atoms with Gasteiger partial charge in [-0.25, -0.2) is 9.67 Å². The quantitative estimate of drug-likeness (QED) is 0.802. The monoisotopic (exact) mass is 319 g/mol. The summed E-state index contributed by atoms with van der Waals surface area (Å²) in [5.41, 5.74) is 1.47. The van der Waals surface area contributed by atoms with Crippen LogP contribution in [0.4, 0.5) is 0 Å². The van der Waals surface area contributed by atoms with Gasteiger partial charge in [0.25, 0.3) is 5.56 Å². The number of likely N-dealkylation sites (N-methyl/N-ethyl adjacent to an activating group) is 1. The number of H-pyrrole nitrogens is 1. The third-order valence-electron chi connectivity index (χ3n) is 3.47. The Bertz CT molecular complexity index is 716. The van der Waals surface area contributed by atoms with Gasteiger partial charge in [0.05, 0.1) is 30.7 Å². The number of aromatic amines is 1. The average molecular weight is 319 g/mol. The predicted octanol–water partition coefficient (Wildman–Crippen LogP) is 0.333. The summed E-state index contributed by atoms with van der Waals surface area (Å²) in [6.07, 6.45) is 2.15. The first-order valence-electron chi connectivity index (χ1n) is 7.35. The van der Waals surface area contributed by atoms with E-state index in [1.807, 2.05) is 0 Å². The number of aryl methyl sites for hydroxylation is 1. The molecule has 1 aliphatic rings. The molecule has 23 heavy (non-hydrogen) atoms. The summed E-state index contributed by atoms with van der Waals surface area (Å²) < 4.78 is 6.53. The molecule has 1 fully saturated rings. The lowest BCUT2D eigenvalue weighted by Crippen LogP contribution is -2.32. The number of nitrogens with one attached hydrogen (secondary N) is 1. The summed E-state index contributed by atoms with van der Waals surface area (Å²) >= 11 is 0. The molecule has 3 rings (SSSR count). The first kappa shape index (κ1) is 17.0. The maximum Gasteiger partial charge on any atom is 0.252 e. The maximum atomic E-state index is 11.3. The van der Waals surface area contributed by atoms with E-state index in [9.17, 15) is 9.59 Å². The Morgan fingerprint density at radius 2 is 2.00 bits per heavy atom. The third kappa shape index (κ3) is 4.57. The van der Waals surface area contributed by atoms with Crippen LogP contribution in [0.3, 0.4) is 0 Å². The van der Waals surface area contributed by atoms with Gasteiger partial charge in [-0.2, -0.15) is 5.10 Å². The van der Waals surface area contributed by atoms with Crippen LogP contribution in [0, 0.1) is 13.8 Å². The minimum absolute atomic E-state index is 0.245. The fourth-order valence-corrected chi connectivity index (χ4v) is 2.07. The van der Waals surface area contributed by atoms with E-state index in [1.54, 1.807) is 13.8 Å². The minimum Gasteiger partial charge on any atom is -0.379 e. The predicted molar refractivity (Wildman–Crippen MR) is 85.2 cm³/mol. The minimum atomic E-state index is -0.245. The van der Waals surface area contributed by atoms with Crippen molar-refractivity contribution in [3.05, 3.63) is 39.6 Å². The molecule has 0 aliphatic carbocycles. The SMILES string of the molecule is CN1CCOCC1.Cc1cc(=O)[nH]c(-n2ncc(C=O)c2C)n1. The molecule has 0 bridgehead atoms. The van der Waals surface area contributed by atoms with Crippen molar-refractivity contribution in [2.24, 2.45) is 0 Å². The second-order valence-electron chi connectivity index (χ2n) is 5.34. The summed E-state index contributed by atoms with van der Waals surface area (Å²) in [5.74, 6) is 0.315. The summed E-state index contributed by atoms with van der Waals surface area (Å²) in [6.45, 7) is 7.48. The highest BCUT2D eigenvalue weighted by Gasteiger charge is 2.09. The number of rotatable bonds is 2. The largest absolute Gasteiger partial charge is 0.379 e. The smallest absolute Gasteiger partial charge is 0.252 e. The number of hydrogen-bond acceptors (Lipinski definition) is 6. The molecular formula is C15H21N5O3. The van der Waals surface area contributed by atoms with Gasteiger partial charge in [0, 0.05) is 24.8 Å². The first-order valence-corrected chi connectivity index (χ1v) is 7.35. The molecule has 1 aliphatic heterocycles. The molecule has 0 spiro atoms. The normalized spacial score (nSPS) is 14.9. The van der Waals surface area contributed by atoms with E-state index in [-0.39, 0.29) is 5.56 Å². The fourth-order valence-electron chi connectivity index (χ4n) is 2.07. The van der Waals surface area contributed by atoms with Crippen molar-refractivity contribution in [3.8, 4) is 5.95 Å². The van der Waals surface area contributed by atoms with Crippen LogP contribution in [0.25, 0.3) is 5.95 Å². The molecule has 2 aromatic heterocycles. The van der Waals surface area contributed by atoms with Gasteiger partial charge in [-0.15, -0.1) is 0 Å². The second kappa shape index (κ2) is 7.80. The number of carbonyl (C=O) groups excluding carboxylic acids is 1. The molecule has 0 amide bonds. The van der Waals surface area contributed by atoms with Crippen molar-refractivity contribution in [3.63, 3.8) is 0 Å². The van der Waals surface area contributed by atoms with Gasteiger partial charge >= 0.3 is 0 Å². The van der Waals surface area contributed by atoms with Gasteiger partial charge in [0.1, 0.15) is 0 Å². The third-order valence-corrected chi connectivity index (χ3v) is 3.47. The van der Waals surface area contributed by atoms with Gasteiger partial charge < -0.3 is 9.64 Å². The second-order valence-corrected chi connectivity index (χ2v) is 5.34. The zero-order chi connectivity index (χ0) is 16.8. The van der Waals surface area contributed by atoms with Crippen LogP contribution in [-0.4, -0.2) is 64.3 Å². The van der Waals surface area contributed by atoms with Crippen LogP contribution >= 0.6 is 0 Å². The van der Waals surface area contributed by atoms with E-state index in [4.69, 9.17) is 4.74 Å². The molecule has 1 N–H and O–H groups in total. The van der Waals surface area contributed by atoms with E-state index >= 15 is 0 Å². The topological polar surface area (TPSA) is 93.1 Å². The Kier molecular flexibility index (Phi) is 5.78. The van der Waals surface area contributed by atoms with Gasteiger partial charge in [-0.3, -0.25) is 14.6 Å². The van der Waals surface area contributed by atoms with Gasteiger partial charge in [0.2, 0.25) is 5.95 Å². The summed E-state index contributed by atoms with van der Waals surface area (Å²) in [5, 5.41) is 3.99. The molecule has 0 saturated carbocycles. The Morgan fingerprint density at radius 1 is 1.30 bits per heavy atom. The van der Waals surface area contributed by atoms with Crippen LogP contribution in [0.15, 0.2) is 17.1 Å². The molecular weight excluding hydrogens is 298 g/mol. The lowest BCUT2D eigenvalue weighted by atomic mass is 10.3. The van der Waals surface area contributed by atoms with Crippen molar-refractivity contribution < 1.29 is 9.53 Å². The number of morpholine rings is 1. The molecule has 1 saturated heterocycles. The van der Waals surface area contributed by atoms with E-state index in [0.717, 1.165) is 26.3 Å². The van der Waals surface area contributed by atoms with Crippen molar-refractivity contribution in [1.82, 2.24) is 24.6 Å². The van der Waals surface area contributed by atoms with E-state index < -0.39 is 0 Å². The standard InChI is InChI=1S/C10H10N4O2.C5H11NO/c1-6-3-9(16)13-10(12-6)14-7(2)8(5-15)4-11-14;1-6-2-4-7-5-3-6/h3-5H,1-2H3,(H,12,13,16);2-5H2,1H3. The average Bonchev–Trinajstić information content (AvgIpc) is 2.88. The molecule has 0 atom stereocenters. The molecule has 3 heterocycles. The zero-order valence-electron chi connectivity index (χ0n) is 13.6. The lowest BCUT2D eigenvalue weighted by molar-refractivity contribution is 0.0503. The summed E-state index contributed by atoms with van der Waals surface area (Å²) in [4.78, 5) is 30.9. The molecule has 0 unspecified atom stereocenters. The van der Waals surface area contributed by atoms with Crippen molar-refractivity contribution in [2.45, 2.75) is 13.8 Å². The van der Waals surface area contributed by atoms with E-state index in [1.165, 1.54) is 16.9 Å². The first-order chi connectivity index (χ1) is 11.0. The zero-order valence-corrected chi connectivity index (χ0v) is 13.6. The van der Waals surface area contributed by atoms with Crippen LogP contribution < -0.4 is 5.56 Å². The van der Waals surface area contributed by atoms with E-state index in [2.05, 4.69) is 27.0 Å². The van der Waals surface area contributed by atoms with Crippen LogP contribution in [0.1, 0.15) is 21.7 Å². The van der Waals surface area contributed by atoms with Crippen LogP contribution in [-0.2, 0) is 4.74 Å². The number of nitrogens with zero attached hydrogens (tertiary/aromatic N) is 4. The highest BCUT2D eigenvalue weighted by molar-refractivity contribution is 5.76. The molecule has 0 radical (unpaired) electrons. The van der Waals surface area contributed by atoms with Crippen LogP contribution in [0.5, 0.6) is 0 Å². The van der Waals surface area contributed by atoms with Crippen molar-refractivity contribution in [1.29, 1.82) is 0 Å². The fraction of sp³-hybridized carbons (Fsp3) is 0.467. The Balaban J connectivity index is 0.000000229. The highest BCUT2D eigenvalue weighted by atomic mass is 16.5. The number of ether oxygens (including phenoxy) is 1.